The number of para-hydroxylation sites is 1. The maximum absolute atomic E-state index is 13.0. The molecule has 1 amide bonds. The number of pyridine rings is 1. The van der Waals surface area contributed by atoms with Crippen molar-refractivity contribution in [3.05, 3.63) is 71.9 Å². The van der Waals surface area contributed by atoms with Crippen LogP contribution >= 0.6 is 23.4 Å². The van der Waals surface area contributed by atoms with Crippen molar-refractivity contribution in [2.24, 2.45) is 0 Å². The second-order valence-corrected chi connectivity index (χ2v) is 10.1. The monoisotopic (exact) mass is 487 g/mol. The highest BCUT2D eigenvalue weighted by Crippen LogP contribution is 2.24. The number of thioether (sulfide) groups is 1. The van der Waals surface area contributed by atoms with E-state index in [-0.39, 0.29) is 16.6 Å². The van der Waals surface area contributed by atoms with Gasteiger partial charge in [-0.3, -0.25) is 9.10 Å². The summed E-state index contributed by atoms with van der Waals surface area (Å²) in [5.41, 5.74) is 2.12. The number of aromatic nitrogens is 3. The van der Waals surface area contributed by atoms with Crippen LogP contribution in [-0.2, 0) is 14.8 Å². The number of amides is 1. The Morgan fingerprint density at radius 1 is 1.16 bits per heavy atom. The Hall–Kier alpha value is -3.08. The zero-order chi connectivity index (χ0) is 22.7. The molecule has 0 radical (unpaired) electrons. The molecule has 4 rings (SSSR count). The number of anilines is 2. The number of hydrogen-bond acceptors (Lipinski definition) is 6. The first kappa shape index (κ1) is 22.1. The Balaban J connectivity index is 1.43. The fraction of sp³-hybridized carbons (Fsp3) is 0.0952. The van der Waals surface area contributed by atoms with Gasteiger partial charge in [0.1, 0.15) is 0 Å². The van der Waals surface area contributed by atoms with Gasteiger partial charge in [-0.25, -0.2) is 18.4 Å². The SMILES string of the molecule is CN(c1ccccc1)S(=O)(=O)c1cccc(NC(=O)CSc2nc3ncc(Cl)cc3[nH]2)c1. The number of rotatable bonds is 7. The van der Waals surface area contributed by atoms with Gasteiger partial charge in [0.15, 0.2) is 10.8 Å². The molecule has 0 saturated carbocycles. The van der Waals surface area contributed by atoms with Gasteiger partial charge in [-0.15, -0.1) is 0 Å². The third-order valence-corrected chi connectivity index (χ3v) is 7.38. The van der Waals surface area contributed by atoms with Crippen LogP contribution in [0.2, 0.25) is 5.02 Å². The first-order valence-electron chi connectivity index (χ1n) is 9.41. The molecule has 4 aromatic rings. The number of fused-ring (bicyclic) bond motifs is 1. The number of hydrogen-bond donors (Lipinski definition) is 2. The molecule has 2 N–H and O–H groups in total. The van der Waals surface area contributed by atoms with Gasteiger partial charge >= 0.3 is 0 Å². The normalized spacial score (nSPS) is 11.4. The first-order valence-corrected chi connectivity index (χ1v) is 12.2. The zero-order valence-corrected chi connectivity index (χ0v) is 19.2. The number of H-pyrrole nitrogens is 1. The number of nitrogens with zero attached hydrogens (tertiary/aromatic N) is 3. The van der Waals surface area contributed by atoms with E-state index in [1.807, 2.05) is 6.07 Å². The Kier molecular flexibility index (Phi) is 6.35. The standard InChI is InChI=1S/C21H18ClN5O3S2/c1-27(16-7-3-2-4-8-16)32(29,30)17-9-5-6-15(11-17)24-19(28)13-31-21-25-18-10-14(22)12-23-20(18)26-21/h2-12H,13H2,1H3,(H,24,28)(H,23,25,26). The van der Waals surface area contributed by atoms with E-state index < -0.39 is 10.0 Å². The van der Waals surface area contributed by atoms with Crippen molar-refractivity contribution in [1.82, 2.24) is 15.0 Å². The van der Waals surface area contributed by atoms with Gasteiger partial charge in [-0.05, 0) is 36.4 Å². The first-order chi connectivity index (χ1) is 15.3. The molecule has 0 fully saturated rings. The van der Waals surface area contributed by atoms with E-state index in [1.54, 1.807) is 42.5 Å². The van der Waals surface area contributed by atoms with Crippen molar-refractivity contribution >= 4 is 61.8 Å². The van der Waals surface area contributed by atoms with E-state index in [1.165, 1.54) is 41.4 Å². The number of aromatic amines is 1. The van der Waals surface area contributed by atoms with Crippen molar-refractivity contribution in [2.75, 3.05) is 22.4 Å². The molecule has 0 atom stereocenters. The Bertz CT molecular complexity index is 1380. The fourth-order valence-electron chi connectivity index (χ4n) is 2.92. The van der Waals surface area contributed by atoms with E-state index in [4.69, 9.17) is 11.6 Å². The number of sulfonamides is 1. The second kappa shape index (κ2) is 9.19. The average molecular weight is 488 g/mol. The van der Waals surface area contributed by atoms with Crippen LogP contribution in [0.15, 0.2) is 76.9 Å². The molecular weight excluding hydrogens is 470 g/mol. The topological polar surface area (TPSA) is 108 Å². The molecule has 0 aliphatic carbocycles. The van der Waals surface area contributed by atoms with E-state index in [0.29, 0.717) is 32.7 Å². The van der Waals surface area contributed by atoms with Crippen molar-refractivity contribution in [2.45, 2.75) is 10.1 Å². The minimum absolute atomic E-state index is 0.0778. The predicted molar refractivity (Wildman–Crippen MR) is 127 cm³/mol. The largest absolute Gasteiger partial charge is 0.331 e. The third kappa shape index (κ3) is 4.87. The molecule has 0 aliphatic rings. The van der Waals surface area contributed by atoms with Crippen molar-refractivity contribution < 1.29 is 13.2 Å². The molecule has 0 bridgehead atoms. The van der Waals surface area contributed by atoms with Crippen LogP contribution < -0.4 is 9.62 Å². The van der Waals surface area contributed by atoms with E-state index >= 15 is 0 Å². The van der Waals surface area contributed by atoms with Crippen LogP contribution in [-0.4, -0.2) is 42.1 Å². The molecule has 2 heterocycles. The predicted octanol–water partition coefficient (Wildman–Crippen LogP) is 4.17. The smallest absolute Gasteiger partial charge is 0.264 e. The zero-order valence-electron chi connectivity index (χ0n) is 16.8. The van der Waals surface area contributed by atoms with E-state index in [9.17, 15) is 13.2 Å². The molecule has 2 aromatic heterocycles. The van der Waals surface area contributed by atoms with Gasteiger partial charge in [0, 0.05) is 18.9 Å². The second-order valence-electron chi connectivity index (χ2n) is 6.74. The van der Waals surface area contributed by atoms with Crippen LogP contribution in [0.4, 0.5) is 11.4 Å². The number of halogens is 1. The molecule has 11 heteroatoms. The van der Waals surface area contributed by atoms with Crippen LogP contribution in [0.5, 0.6) is 0 Å². The van der Waals surface area contributed by atoms with Gasteiger partial charge in [0.25, 0.3) is 10.0 Å². The summed E-state index contributed by atoms with van der Waals surface area (Å²) in [6, 6.07) is 16.6. The minimum atomic E-state index is -3.78. The van der Waals surface area contributed by atoms with E-state index in [2.05, 4.69) is 20.3 Å². The lowest BCUT2D eigenvalue weighted by Gasteiger charge is -2.19. The molecule has 164 valence electrons. The molecule has 0 spiro atoms. The highest BCUT2D eigenvalue weighted by Gasteiger charge is 2.21. The highest BCUT2D eigenvalue weighted by molar-refractivity contribution is 7.99. The molecule has 32 heavy (non-hydrogen) atoms. The minimum Gasteiger partial charge on any atom is -0.331 e. The summed E-state index contributed by atoms with van der Waals surface area (Å²) >= 11 is 7.12. The van der Waals surface area contributed by atoms with Gasteiger partial charge in [-0.1, -0.05) is 47.6 Å². The summed E-state index contributed by atoms with van der Waals surface area (Å²) in [5, 5.41) is 3.75. The summed E-state index contributed by atoms with van der Waals surface area (Å²) < 4.78 is 27.1. The lowest BCUT2D eigenvalue weighted by atomic mass is 10.3. The van der Waals surface area contributed by atoms with Gasteiger partial charge in [0.05, 0.1) is 26.9 Å². The van der Waals surface area contributed by atoms with Crippen LogP contribution in [0.1, 0.15) is 0 Å². The molecule has 0 saturated heterocycles. The highest BCUT2D eigenvalue weighted by atomic mass is 35.5. The summed E-state index contributed by atoms with van der Waals surface area (Å²) in [5.74, 6) is -0.221. The molecule has 0 unspecified atom stereocenters. The maximum Gasteiger partial charge on any atom is 0.264 e. The molecular formula is C21H18ClN5O3S2. The van der Waals surface area contributed by atoms with Crippen molar-refractivity contribution in [1.29, 1.82) is 0 Å². The lowest BCUT2D eigenvalue weighted by Crippen LogP contribution is -2.26. The van der Waals surface area contributed by atoms with Crippen molar-refractivity contribution in [3.8, 4) is 0 Å². The quantitative estimate of drug-likeness (QED) is 0.379. The Morgan fingerprint density at radius 2 is 1.94 bits per heavy atom. The Morgan fingerprint density at radius 3 is 2.72 bits per heavy atom. The average Bonchev–Trinajstić information content (AvgIpc) is 3.20. The van der Waals surface area contributed by atoms with E-state index in [0.717, 1.165) is 0 Å². The number of carbonyl (C=O) groups excluding carboxylic acids is 1. The third-order valence-electron chi connectivity index (χ3n) is 4.52. The molecule has 0 aliphatic heterocycles. The van der Waals surface area contributed by atoms with Crippen LogP contribution in [0.25, 0.3) is 11.2 Å². The van der Waals surface area contributed by atoms with Crippen molar-refractivity contribution in [3.63, 3.8) is 0 Å². The number of benzene rings is 2. The summed E-state index contributed by atoms with van der Waals surface area (Å²) in [6.45, 7) is 0. The summed E-state index contributed by atoms with van der Waals surface area (Å²) in [6.07, 6.45) is 1.50. The number of imidazole rings is 1. The van der Waals surface area contributed by atoms with Gasteiger partial charge in [0.2, 0.25) is 5.91 Å². The van der Waals surface area contributed by atoms with Crippen LogP contribution in [0.3, 0.4) is 0 Å². The maximum atomic E-state index is 13.0. The number of nitrogens with one attached hydrogen (secondary N) is 2. The fourth-order valence-corrected chi connectivity index (χ4v) is 4.99. The van der Waals surface area contributed by atoms with Crippen LogP contribution in [0, 0.1) is 0 Å². The molecule has 8 nitrogen and oxygen atoms in total. The summed E-state index contributed by atoms with van der Waals surface area (Å²) in [7, 11) is -2.29. The number of carbonyl (C=O) groups is 1. The molecule has 2 aromatic carbocycles. The van der Waals surface area contributed by atoms with Gasteiger partial charge in [-0.2, -0.15) is 0 Å². The summed E-state index contributed by atoms with van der Waals surface area (Å²) in [4.78, 5) is 23.9. The lowest BCUT2D eigenvalue weighted by molar-refractivity contribution is -0.113. The Labute approximate surface area is 194 Å². The van der Waals surface area contributed by atoms with Gasteiger partial charge < -0.3 is 10.3 Å².